The van der Waals surface area contributed by atoms with Crippen molar-refractivity contribution >= 4 is 5.78 Å². The van der Waals surface area contributed by atoms with E-state index in [1.54, 1.807) is 0 Å². The largest absolute Gasteiger partial charge is 0.396 e. The molecule has 908 valence electrons. The Bertz CT molecular complexity index is 2010. The van der Waals surface area contributed by atoms with Gasteiger partial charge in [0, 0.05) is 50.7 Å². The van der Waals surface area contributed by atoms with Crippen LogP contribution in [0.4, 0.5) is 8.78 Å². The zero-order chi connectivity index (χ0) is 119. The van der Waals surface area contributed by atoms with Gasteiger partial charge in [-0.15, -0.1) is 0 Å². The van der Waals surface area contributed by atoms with Gasteiger partial charge in [0.25, 0.3) is 0 Å². The molecule has 0 heterocycles. The van der Waals surface area contributed by atoms with Crippen LogP contribution in [0, 0.1) is 135 Å². The number of nitrogens with one attached hydrogen (secondary N) is 1. The van der Waals surface area contributed by atoms with Gasteiger partial charge in [-0.1, -0.05) is 547 Å². The monoisotopic (exact) mass is 2100 g/mol. The van der Waals surface area contributed by atoms with Crippen molar-refractivity contribution in [2.45, 2.75) is 728 Å². The van der Waals surface area contributed by atoms with E-state index in [0.29, 0.717) is 65.8 Å². The zero-order valence-corrected chi connectivity index (χ0v) is 114. The molecule has 0 fully saturated rings. The molecule has 7 nitrogen and oxygen atoms in total. The molecule has 0 aromatic carbocycles. The van der Waals surface area contributed by atoms with Crippen LogP contribution in [0.15, 0.2) is 0 Å². The fourth-order valence-electron chi connectivity index (χ4n) is 13.2. The van der Waals surface area contributed by atoms with E-state index in [4.69, 9.17) is 25.4 Å². The predicted octanol–water partition coefficient (Wildman–Crippen LogP) is 47.9. The molecule has 0 aliphatic carbocycles. The summed E-state index contributed by atoms with van der Waals surface area (Å²) in [7, 11) is 0. The van der Waals surface area contributed by atoms with Crippen LogP contribution in [-0.2, 0) is 14.3 Å². The number of Topliss-reactive ketones (excluding diaryl/α,β-unsaturated/α-hetero) is 1. The molecule has 3 unspecified atom stereocenters. The molecule has 0 saturated carbocycles. The highest BCUT2D eigenvalue weighted by Gasteiger charge is 2.20. The van der Waals surface area contributed by atoms with Crippen molar-refractivity contribution < 1.29 is 33.3 Å². The van der Waals surface area contributed by atoms with Gasteiger partial charge in [-0.3, -0.25) is 4.79 Å². The summed E-state index contributed by atoms with van der Waals surface area (Å²) in [4.78, 5) is 11.0. The number of unbranched alkanes of at least 4 members (excludes halogenated alkanes) is 8. The molecule has 0 aromatic heterocycles. The molecule has 0 saturated heterocycles. The first-order chi connectivity index (χ1) is 66.7. The number of nitrogens with two attached hydrogens (primary N) is 1. The Morgan fingerprint density at radius 2 is 0.568 bits per heavy atom. The van der Waals surface area contributed by atoms with Crippen molar-refractivity contribution in [1.82, 2.24) is 5.32 Å². The molecule has 146 heavy (non-hydrogen) atoms. The number of halogens is 2. The van der Waals surface area contributed by atoms with E-state index in [1.807, 2.05) is 27.7 Å². The number of carbonyl (C=O) groups is 1. The molecule has 0 aliphatic rings. The number of ether oxygens (including phenoxy) is 2. The Morgan fingerprint density at radius 3 is 0.781 bits per heavy atom. The molecule has 0 amide bonds. The van der Waals surface area contributed by atoms with Gasteiger partial charge in [-0.05, 0) is 268 Å². The fraction of sp³-hybridized carbons (Fsp3) is 0.993. The first kappa shape index (κ1) is 184. The third-order valence-electron chi connectivity index (χ3n) is 22.7. The molecule has 0 aliphatic heterocycles. The van der Waals surface area contributed by atoms with Crippen molar-refractivity contribution in [1.29, 1.82) is 0 Å². The van der Waals surface area contributed by atoms with E-state index in [9.17, 15) is 13.6 Å². The van der Waals surface area contributed by atoms with E-state index in [-0.39, 0.29) is 18.4 Å². The lowest BCUT2D eigenvalue weighted by Gasteiger charge is -2.23. The summed E-state index contributed by atoms with van der Waals surface area (Å²) in [5, 5.41) is 20.5. The van der Waals surface area contributed by atoms with E-state index in [2.05, 4.69) is 393 Å². The van der Waals surface area contributed by atoms with Crippen LogP contribution >= 0.6 is 0 Å². The maximum Gasteiger partial charge on any atom is 0.245 e. The molecular weight excluding hydrogens is 1790 g/mol. The normalized spacial score (nSPS) is 11.9. The topological polar surface area (TPSA) is 114 Å². The molecule has 3 atom stereocenters. The lowest BCUT2D eigenvalue weighted by atomic mass is 9.83. The molecule has 0 rings (SSSR count). The second kappa shape index (κ2) is 137. The first-order valence-corrected chi connectivity index (χ1v) is 63.6. The second-order valence-electron chi connectivity index (χ2n) is 55.6. The van der Waals surface area contributed by atoms with Gasteiger partial charge in [0.05, 0.1) is 18.3 Å². The summed E-state index contributed by atoms with van der Waals surface area (Å²) in [6.07, 6.45) is 52.7. The predicted molar refractivity (Wildman–Crippen MR) is 680 cm³/mol. The quantitative estimate of drug-likeness (QED) is 0.0449. The summed E-state index contributed by atoms with van der Waals surface area (Å²) < 4.78 is 35.4. The number of alkyl halides is 2. The van der Waals surface area contributed by atoms with Crippen LogP contribution in [-0.4, -0.2) is 78.7 Å². The number of rotatable bonds is 60. The van der Waals surface area contributed by atoms with Gasteiger partial charge in [0.2, 0.25) is 5.92 Å². The van der Waals surface area contributed by atoms with Crippen molar-refractivity contribution in [2.75, 3.05) is 26.4 Å². The van der Waals surface area contributed by atoms with Gasteiger partial charge < -0.3 is 30.7 Å². The lowest BCUT2D eigenvalue weighted by molar-refractivity contribution is -0.122. The van der Waals surface area contributed by atoms with Crippen LogP contribution in [0.3, 0.4) is 0 Å². The Kier molecular flexibility index (Phi) is 172. The van der Waals surface area contributed by atoms with Crippen molar-refractivity contribution in [2.24, 2.45) is 141 Å². The molecule has 0 bridgehead atoms. The number of aliphatic hydroxyl groups is 2. The summed E-state index contributed by atoms with van der Waals surface area (Å²) in [5.74, 6) is 14.8. The minimum atomic E-state index is -2.46. The van der Waals surface area contributed by atoms with E-state index < -0.39 is 5.92 Å². The Balaban J connectivity index is -0.0000000810. The maximum absolute atomic E-state index is 12.3. The SMILES string of the molecule is CC(C)CC(C)N.CC(C)CCC(=O)C(C)C.CC(C)CCC(C)(C)C.CC(C)CCC(C)C.CC(C)CCC(C)CC(C)(C)C.CC(C)CCC(C)O.CC(C)CCCC(C)C.CC(C)CCCCCC(C)(F)F.CC(C)CCCO.CC(C)CCCOC(C)C.CC(C)CCNC(C)C.CC(C)CCOC(C)C.CCCC(C)C.CCCCC(C)C.CCCCC(C)C.CCCCCC(C)C.CCCCCC(C)C. The Labute approximate surface area is 934 Å². The Hall–Kier alpha value is -0.710. The van der Waals surface area contributed by atoms with Crippen LogP contribution in [0.5, 0.6) is 0 Å². The highest BCUT2D eigenvalue weighted by atomic mass is 19.3. The number of aliphatic hydroxyl groups excluding tert-OH is 2. The number of carbonyl (C=O) groups excluding carboxylic acids is 1. The summed E-state index contributed by atoms with van der Waals surface area (Å²) in [6.45, 7) is 138. The highest BCUT2D eigenvalue weighted by Crippen LogP contribution is 2.29. The molecule has 0 spiro atoms. The summed E-state index contributed by atoms with van der Waals surface area (Å²) in [5.41, 5.74) is 6.54. The first-order valence-electron chi connectivity index (χ1n) is 63.6. The van der Waals surface area contributed by atoms with E-state index >= 15 is 0 Å². The van der Waals surface area contributed by atoms with Crippen LogP contribution < -0.4 is 11.1 Å². The minimum absolute atomic E-state index is 0.0467. The van der Waals surface area contributed by atoms with Crippen molar-refractivity contribution in [3.8, 4) is 0 Å². The highest BCUT2D eigenvalue weighted by molar-refractivity contribution is 5.80. The smallest absolute Gasteiger partial charge is 0.245 e. The van der Waals surface area contributed by atoms with Gasteiger partial charge in [0.1, 0.15) is 5.78 Å². The molecule has 5 N–H and O–H groups in total. The van der Waals surface area contributed by atoms with Crippen molar-refractivity contribution in [3.05, 3.63) is 0 Å². The average Bonchev–Trinajstić information content (AvgIpc) is 0.945. The molecule has 0 radical (unpaired) electrons. The van der Waals surface area contributed by atoms with Gasteiger partial charge in [0.15, 0.2) is 0 Å². The number of ketones is 1. The summed E-state index contributed by atoms with van der Waals surface area (Å²) in [6, 6.07) is 1.02. The second-order valence-corrected chi connectivity index (χ2v) is 55.6. The van der Waals surface area contributed by atoms with Gasteiger partial charge in [-0.25, -0.2) is 8.78 Å². The van der Waals surface area contributed by atoms with Crippen molar-refractivity contribution in [3.63, 3.8) is 0 Å². The lowest BCUT2D eigenvalue weighted by Crippen LogP contribution is -2.24. The summed E-state index contributed by atoms with van der Waals surface area (Å²) >= 11 is 0. The zero-order valence-electron chi connectivity index (χ0n) is 114. The fourth-order valence-corrected chi connectivity index (χ4v) is 13.2. The van der Waals surface area contributed by atoms with Crippen LogP contribution in [0.1, 0.15) is 692 Å². The standard InChI is InChI=1S/C12H26.C10H20F2.C9H20O.C9H18O.2C9H20.C8H19N.C8H18O.3C8H18.C7H16O.2C7H16.C6H15N.C6H14O.C6H14/c1-10(2)7-8-11(3)9-12(4,5)6;1-9(2)7-5-4-6-8-10(3,11)12;1-8(2)6-5-7-10-9(3)4;1-7(2)5-6-9(10)8(3)4;1-8(2)6-7-9(3,4)5;1-8(2)6-5-7-9(3)4;2*1-7(2)5-6-9-8(3)4;1-7(2)5-6-8(3)4;2*1-4-5-6-7-8(2)3;1-6(2)4-5-7(3)8;2*1-4-5-6-7(2)3;1-5(2)4-6(3)7;1-6(2)4-3-5-7;1-4-5-6(2)3/h10-11H,7-9H2,1-6H3;9H,4-8H2,1-3H3;8-9H,5-7H2,1-4H3;7-8H,5-6H2,1-4H3;8H,6-7H2,1-5H3;8-9H,5-7H2,1-4H3;7-9H,5-6H2,1-4H3;7-8H,5-6H2,1-4H3;7-8H,5-6H2,1-4H3;2*8H,4-7H2,1-3H3;6-8H,4-5H2,1-3H3;2*7H,4-6H2,1-3H3;5-6H,4,7H2,1-3H3;6-7H,3-5H2,1-2H3;6H,4-5H2,1-3H3. The van der Waals surface area contributed by atoms with Crippen LogP contribution in [0.25, 0.3) is 0 Å². The number of hydrogen-bond acceptors (Lipinski definition) is 7. The third kappa shape index (κ3) is 306. The minimum Gasteiger partial charge on any atom is -0.396 e. The average molecular weight is 2100 g/mol. The molecular formula is C137H306F2N2O5. The van der Waals surface area contributed by atoms with Gasteiger partial charge >= 0.3 is 0 Å². The maximum atomic E-state index is 12.3. The van der Waals surface area contributed by atoms with Gasteiger partial charge in [-0.2, -0.15) is 0 Å². The number of hydrogen-bond donors (Lipinski definition) is 4. The van der Waals surface area contributed by atoms with E-state index in [1.165, 1.54) is 193 Å². The molecule has 0 aromatic rings. The third-order valence-corrected chi connectivity index (χ3v) is 22.7. The van der Waals surface area contributed by atoms with E-state index in [0.717, 1.165) is 197 Å². The molecule has 9 heteroatoms. The van der Waals surface area contributed by atoms with Crippen LogP contribution in [0.2, 0.25) is 0 Å². The Morgan fingerprint density at radius 1 is 0.281 bits per heavy atom.